The molecule has 2 rings (SSSR count). The van der Waals surface area contributed by atoms with E-state index in [1.165, 1.54) is 18.2 Å². The van der Waals surface area contributed by atoms with E-state index >= 15 is 0 Å². The maximum absolute atomic E-state index is 12.3. The number of benzene rings is 1. The molecule has 1 fully saturated rings. The van der Waals surface area contributed by atoms with Gasteiger partial charge in [-0.25, -0.2) is 25.9 Å². The molecular formula is C14H18N2O5S2. The largest absolute Gasteiger partial charge is 0.273 e. The van der Waals surface area contributed by atoms with Gasteiger partial charge in [-0.3, -0.25) is 4.79 Å². The first-order valence-electron chi connectivity index (χ1n) is 6.88. The van der Waals surface area contributed by atoms with Crippen LogP contribution >= 0.6 is 0 Å². The molecule has 0 bridgehead atoms. The van der Waals surface area contributed by atoms with Crippen LogP contribution in [0.3, 0.4) is 0 Å². The summed E-state index contributed by atoms with van der Waals surface area (Å²) in [4.78, 5) is 11.9. The zero-order chi connectivity index (χ0) is 17.4. The summed E-state index contributed by atoms with van der Waals surface area (Å²) in [6.45, 7) is 6.66. The molecule has 7 nitrogen and oxygen atoms in total. The van der Waals surface area contributed by atoms with E-state index in [1.807, 2.05) is 0 Å². The molecule has 0 radical (unpaired) electrons. The molecule has 0 aromatic heterocycles. The summed E-state index contributed by atoms with van der Waals surface area (Å²) in [6.07, 6.45) is 1.35. The number of carbonyl (C=O) groups is 1. The third kappa shape index (κ3) is 3.31. The highest BCUT2D eigenvalue weighted by molar-refractivity contribution is 7.94. The van der Waals surface area contributed by atoms with Crippen molar-refractivity contribution in [1.82, 2.24) is 4.72 Å². The van der Waals surface area contributed by atoms with Gasteiger partial charge in [0.05, 0.1) is 16.3 Å². The van der Waals surface area contributed by atoms with Crippen LogP contribution in [0, 0.1) is 13.8 Å². The Morgan fingerprint density at radius 2 is 1.87 bits per heavy atom. The fourth-order valence-corrected chi connectivity index (χ4v) is 5.47. The van der Waals surface area contributed by atoms with E-state index in [1.54, 1.807) is 13.8 Å². The molecular weight excluding hydrogens is 340 g/mol. The Hall–Kier alpha value is -1.71. The Bertz CT molecular complexity index is 849. The number of aryl methyl sites for hydroxylation is 2. The highest BCUT2D eigenvalue weighted by Crippen LogP contribution is 2.31. The molecule has 1 saturated heterocycles. The number of rotatable bonds is 5. The molecule has 0 atom stereocenters. The average Bonchev–Trinajstić information content (AvgIpc) is 2.69. The van der Waals surface area contributed by atoms with Crippen molar-refractivity contribution in [2.75, 3.05) is 16.6 Å². The number of nitrogens with zero attached hydrogens (tertiary/aromatic N) is 1. The smallest absolute Gasteiger partial charge is 0.242 e. The van der Waals surface area contributed by atoms with Crippen LogP contribution in [0.4, 0.5) is 5.69 Å². The van der Waals surface area contributed by atoms with Crippen molar-refractivity contribution in [1.29, 1.82) is 0 Å². The Labute approximate surface area is 136 Å². The van der Waals surface area contributed by atoms with Crippen LogP contribution in [0.1, 0.15) is 17.5 Å². The second kappa shape index (κ2) is 6.06. The minimum atomic E-state index is -3.74. The van der Waals surface area contributed by atoms with E-state index in [2.05, 4.69) is 11.3 Å². The molecule has 1 aromatic carbocycles. The number of anilines is 1. The fraction of sp³-hybridized carbons (Fsp3) is 0.357. The fourth-order valence-electron chi connectivity index (χ4n) is 2.58. The third-order valence-electron chi connectivity index (χ3n) is 3.44. The Balaban J connectivity index is 2.54. The lowest BCUT2D eigenvalue weighted by atomic mass is 10.1. The van der Waals surface area contributed by atoms with Crippen molar-refractivity contribution >= 4 is 31.6 Å². The van der Waals surface area contributed by atoms with E-state index in [9.17, 15) is 21.6 Å². The van der Waals surface area contributed by atoms with Crippen molar-refractivity contribution < 1.29 is 21.6 Å². The van der Waals surface area contributed by atoms with Gasteiger partial charge in [0.2, 0.25) is 26.0 Å². The summed E-state index contributed by atoms with van der Waals surface area (Å²) < 4.78 is 51.7. The van der Waals surface area contributed by atoms with Crippen LogP contribution in [-0.4, -0.2) is 35.0 Å². The molecule has 1 aliphatic rings. The van der Waals surface area contributed by atoms with Crippen molar-refractivity contribution in [2.24, 2.45) is 0 Å². The Morgan fingerprint density at radius 3 is 2.30 bits per heavy atom. The third-order valence-corrected chi connectivity index (χ3v) is 6.86. The van der Waals surface area contributed by atoms with Crippen LogP contribution in [0.25, 0.3) is 0 Å². The molecule has 126 valence electrons. The highest BCUT2D eigenvalue weighted by atomic mass is 32.2. The number of sulfonamides is 2. The van der Waals surface area contributed by atoms with E-state index in [0.717, 1.165) is 4.31 Å². The highest BCUT2D eigenvalue weighted by Gasteiger charge is 2.37. The normalized spacial score (nSPS) is 17.5. The summed E-state index contributed by atoms with van der Waals surface area (Å²) in [5.74, 6) is -0.741. The monoisotopic (exact) mass is 358 g/mol. The first-order chi connectivity index (χ1) is 10.6. The molecule has 1 heterocycles. The van der Waals surface area contributed by atoms with Crippen molar-refractivity contribution in [3.63, 3.8) is 0 Å². The maximum Gasteiger partial charge on any atom is 0.242 e. The molecule has 0 aliphatic carbocycles. The van der Waals surface area contributed by atoms with E-state index in [4.69, 9.17) is 0 Å². The molecule has 9 heteroatoms. The summed E-state index contributed by atoms with van der Waals surface area (Å²) in [5.41, 5.74) is 0.906. The molecule has 1 N–H and O–H groups in total. The molecule has 1 aliphatic heterocycles. The summed E-state index contributed by atoms with van der Waals surface area (Å²) >= 11 is 0. The number of carbonyl (C=O) groups excluding carboxylic acids is 1. The van der Waals surface area contributed by atoms with Crippen LogP contribution in [0.2, 0.25) is 0 Å². The van der Waals surface area contributed by atoms with Gasteiger partial charge in [-0.15, -0.1) is 6.58 Å². The van der Waals surface area contributed by atoms with Crippen LogP contribution < -0.4 is 9.03 Å². The first kappa shape index (κ1) is 17.6. The first-order valence-corrected chi connectivity index (χ1v) is 9.97. The zero-order valence-electron chi connectivity index (χ0n) is 12.9. The standard InChI is InChI=1S/C14H18N2O5S2/c1-4-6-15-23(20,21)14-10(2)8-12(9-11(14)3)16-13(17)5-7-22(16,18)19/h4,8-9,15H,1,5-7H2,2-3H3. The van der Waals surface area contributed by atoms with Gasteiger partial charge in [0.15, 0.2) is 0 Å². The van der Waals surface area contributed by atoms with Gasteiger partial charge in [0.1, 0.15) is 0 Å². The predicted octanol–water partition coefficient (Wildman–Crippen LogP) is 0.834. The number of nitrogens with one attached hydrogen (secondary N) is 1. The summed E-state index contributed by atoms with van der Waals surface area (Å²) in [5, 5.41) is 0. The molecule has 0 saturated carbocycles. The summed E-state index contributed by atoms with van der Waals surface area (Å²) in [6, 6.07) is 2.80. The zero-order valence-corrected chi connectivity index (χ0v) is 14.5. The van der Waals surface area contributed by atoms with Crippen molar-refractivity contribution in [2.45, 2.75) is 25.2 Å². The topological polar surface area (TPSA) is 101 Å². The Kier molecular flexibility index (Phi) is 4.65. The minimum Gasteiger partial charge on any atom is -0.273 e. The van der Waals surface area contributed by atoms with Gasteiger partial charge >= 0.3 is 0 Å². The minimum absolute atomic E-state index is 0.0681. The van der Waals surface area contributed by atoms with Crippen LogP contribution in [0.5, 0.6) is 0 Å². The summed E-state index contributed by atoms with van der Waals surface area (Å²) in [7, 11) is -7.42. The quantitative estimate of drug-likeness (QED) is 0.786. The lowest BCUT2D eigenvalue weighted by molar-refractivity contribution is -0.116. The average molecular weight is 358 g/mol. The van der Waals surface area contributed by atoms with Gasteiger partial charge < -0.3 is 0 Å². The molecule has 23 heavy (non-hydrogen) atoms. The van der Waals surface area contributed by atoms with Crippen molar-refractivity contribution in [3.05, 3.63) is 35.9 Å². The van der Waals surface area contributed by atoms with E-state index < -0.39 is 26.0 Å². The number of hydrogen-bond acceptors (Lipinski definition) is 5. The van der Waals surface area contributed by atoms with Gasteiger partial charge in [0.25, 0.3) is 0 Å². The molecule has 1 amide bonds. The molecule has 1 aromatic rings. The van der Waals surface area contributed by atoms with Crippen LogP contribution in [0.15, 0.2) is 29.7 Å². The predicted molar refractivity (Wildman–Crippen MR) is 87.2 cm³/mol. The van der Waals surface area contributed by atoms with Crippen LogP contribution in [-0.2, 0) is 24.8 Å². The van der Waals surface area contributed by atoms with E-state index in [0.29, 0.717) is 11.1 Å². The second-order valence-electron chi connectivity index (χ2n) is 5.27. The van der Waals surface area contributed by atoms with Gasteiger partial charge in [-0.2, -0.15) is 0 Å². The van der Waals surface area contributed by atoms with E-state index in [-0.39, 0.29) is 29.3 Å². The van der Waals surface area contributed by atoms with Gasteiger partial charge in [0, 0.05) is 13.0 Å². The number of amides is 1. The lowest BCUT2D eigenvalue weighted by Gasteiger charge is -2.19. The van der Waals surface area contributed by atoms with Gasteiger partial charge in [-0.05, 0) is 37.1 Å². The SMILES string of the molecule is C=CCNS(=O)(=O)c1c(C)cc(N2C(=O)CCS2(=O)=O)cc1C. The molecule has 0 unspecified atom stereocenters. The number of hydrogen-bond donors (Lipinski definition) is 1. The lowest BCUT2D eigenvalue weighted by Crippen LogP contribution is -2.30. The molecule has 0 spiro atoms. The maximum atomic E-state index is 12.3. The van der Waals surface area contributed by atoms with Crippen molar-refractivity contribution in [3.8, 4) is 0 Å². The van der Waals surface area contributed by atoms with Gasteiger partial charge in [-0.1, -0.05) is 6.08 Å². The second-order valence-corrected chi connectivity index (χ2v) is 8.91. The Morgan fingerprint density at radius 1 is 1.30 bits per heavy atom.